The van der Waals surface area contributed by atoms with Crippen LogP contribution in [0.25, 0.3) is 0 Å². The number of hydrogen-bond acceptors (Lipinski definition) is 3. The van der Waals surface area contributed by atoms with Crippen molar-refractivity contribution < 1.29 is 4.79 Å². The van der Waals surface area contributed by atoms with Gasteiger partial charge in [0.05, 0.1) is 6.54 Å². The number of thioether (sulfide) groups is 1. The molecule has 3 nitrogen and oxygen atoms in total. The lowest BCUT2D eigenvalue weighted by Gasteiger charge is -2.14. The highest BCUT2D eigenvalue weighted by molar-refractivity contribution is 7.98. The Kier molecular flexibility index (Phi) is 9.83. The average molecular weight is 246 g/mol. The molecule has 0 saturated carbocycles. The van der Waals surface area contributed by atoms with Crippen molar-refractivity contribution in [2.45, 2.75) is 39.7 Å². The molecular formula is C12H26N2OS. The normalized spacial score (nSPS) is 14.5. The zero-order valence-electron chi connectivity index (χ0n) is 11.0. The minimum atomic E-state index is 0.109. The average Bonchev–Trinajstić information content (AvgIpc) is 2.18. The first-order valence-electron chi connectivity index (χ1n) is 6.09. The SMILES string of the molecule is CCCC(C)NC(=O)CNCC(C)CSC. The first-order valence-corrected chi connectivity index (χ1v) is 7.48. The Morgan fingerprint density at radius 2 is 2.06 bits per heavy atom. The van der Waals surface area contributed by atoms with Gasteiger partial charge in [0.25, 0.3) is 0 Å². The smallest absolute Gasteiger partial charge is 0.234 e. The quantitative estimate of drug-likeness (QED) is 0.653. The summed E-state index contributed by atoms with van der Waals surface area (Å²) in [4.78, 5) is 11.5. The molecule has 0 rings (SSSR count). The van der Waals surface area contributed by atoms with Crippen LogP contribution in [-0.2, 0) is 4.79 Å². The number of hydrogen-bond donors (Lipinski definition) is 2. The Balaban J connectivity index is 3.50. The summed E-state index contributed by atoms with van der Waals surface area (Å²) >= 11 is 1.85. The van der Waals surface area contributed by atoms with Gasteiger partial charge in [0.2, 0.25) is 5.91 Å². The lowest BCUT2D eigenvalue weighted by atomic mass is 10.2. The van der Waals surface area contributed by atoms with E-state index in [4.69, 9.17) is 0 Å². The fraction of sp³-hybridized carbons (Fsp3) is 0.917. The van der Waals surface area contributed by atoms with Crippen LogP contribution in [-0.4, -0.2) is 37.0 Å². The van der Waals surface area contributed by atoms with Crippen molar-refractivity contribution in [2.75, 3.05) is 25.1 Å². The molecule has 4 heteroatoms. The van der Waals surface area contributed by atoms with Crippen molar-refractivity contribution in [2.24, 2.45) is 5.92 Å². The monoisotopic (exact) mass is 246 g/mol. The Morgan fingerprint density at radius 1 is 1.38 bits per heavy atom. The van der Waals surface area contributed by atoms with E-state index in [1.807, 2.05) is 11.8 Å². The predicted molar refractivity (Wildman–Crippen MR) is 72.9 cm³/mol. The molecule has 0 aliphatic carbocycles. The maximum absolute atomic E-state index is 11.5. The fourth-order valence-corrected chi connectivity index (χ4v) is 2.29. The highest BCUT2D eigenvalue weighted by Gasteiger charge is 2.06. The van der Waals surface area contributed by atoms with Gasteiger partial charge in [0.15, 0.2) is 0 Å². The van der Waals surface area contributed by atoms with Crippen molar-refractivity contribution in [3.05, 3.63) is 0 Å². The minimum Gasteiger partial charge on any atom is -0.353 e. The molecule has 0 aliphatic rings. The minimum absolute atomic E-state index is 0.109. The summed E-state index contributed by atoms with van der Waals surface area (Å²) in [6, 6.07) is 0.294. The summed E-state index contributed by atoms with van der Waals surface area (Å²) in [7, 11) is 0. The number of carbonyl (C=O) groups excluding carboxylic acids is 1. The Hall–Kier alpha value is -0.220. The zero-order chi connectivity index (χ0) is 12.4. The largest absolute Gasteiger partial charge is 0.353 e. The van der Waals surface area contributed by atoms with E-state index >= 15 is 0 Å². The summed E-state index contributed by atoms with van der Waals surface area (Å²) in [5.74, 6) is 1.87. The highest BCUT2D eigenvalue weighted by atomic mass is 32.2. The van der Waals surface area contributed by atoms with Crippen molar-refractivity contribution in [3.8, 4) is 0 Å². The number of carbonyl (C=O) groups is 1. The van der Waals surface area contributed by atoms with Gasteiger partial charge >= 0.3 is 0 Å². The van der Waals surface area contributed by atoms with E-state index in [2.05, 4.69) is 37.7 Å². The van der Waals surface area contributed by atoms with Crippen molar-refractivity contribution in [1.29, 1.82) is 0 Å². The van der Waals surface area contributed by atoms with Crippen molar-refractivity contribution >= 4 is 17.7 Å². The van der Waals surface area contributed by atoms with Crippen LogP contribution < -0.4 is 10.6 Å². The van der Waals surface area contributed by atoms with Gasteiger partial charge in [0.1, 0.15) is 0 Å². The van der Waals surface area contributed by atoms with Gasteiger partial charge in [-0.1, -0.05) is 20.3 Å². The summed E-state index contributed by atoms with van der Waals surface area (Å²) in [5, 5.41) is 6.17. The molecule has 2 N–H and O–H groups in total. The molecule has 0 aromatic carbocycles. The van der Waals surface area contributed by atoms with E-state index in [9.17, 15) is 4.79 Å². The van der Waals surface area contributed by atoms with Crippen LogP contribution in [0.15, 0.2) is 0 Å². The third-order valence-corrected chi connectivity index (χ3v) is 3.26. The lowest BCUT2D eigenvalue weighted by molar-refractivity contribution is -0.120. The molecule has 2 atom stereocenters. The molecule has 0 saturated heterocycles. The summed E-state index contributed by atoms with van der Waals surface area (Å²) in [6.45, 7) is 7.73. The third-order valence-electron chi connectivity index (χ3n) is 2.36. The maximum atomic E-state index is 11.5. The Labute approximate surface area is 104 Å². The summed E-state index contributed by atoms with van der Waals surface area (Å²) < 4.78 is 0. The zero-order valence-corrected chi connectivity index (χ0v) is 11.8. The summed E-state index contributed by atoms with van der Waals surface area (Å²) in [5.41, 5.74) is 0. The van der Waals surface area contributed by atoms with E-state index in [-0.39, 0.29) is 5.91 Å². The molecule has 2 unspecified atom stereocenters. The van der Waals surface area contributed by atoms with Gasteiger partial charge in [-0.25, -0.2) is 0 Å². The van der Waals surface area contributed by atoms with Crippen molar-refractivity contribution in [1.82, 2.24) is 10.6 Å². The van der Waals surface area contributed by atoms with Gasteiger partial charge in [-0.05, 0) is 37.8 Å². The molecule has 0 aliphatic heterocycles. The lowest BCUT2D eigenvalue weighted by Crippen LogP contribution is -2.40. The van der Waals surface area contributed by atoms with Gasteiger partial charge in [-0.3, -0.25) is 4.79 Å². The molecule has 96 valence electrons. The van der Waals surface area contributed by atoms with Crippen molar-refractivity contribution in [3.63, 3.8) is 0 Å². The second-order valence-corrected chi connectivity index (χ2v) is 5.36. The molecule has 0 fully saturated rings. The van der Waals surface area contributed by atoms with Crippen LogP contribution in [0.5, 0.6) is 0 Å². The van der Waals surface area contributed by atoms with E-state index in [0.717, 1.165) is 25.1 Å². The molecular weight excluding hydrogens is 220 g/mol. The van der Waals surface area contributed by atoms with Crippen LogP contribution in [0.4, 0.5) is 0 Å². The predicted octanol–water partition coefficient (Wildman–Crippen LogP) is 1.88. The molecule has 1 amide bonds. The Bertz CT molecular complexity index is 188. The fourth-order valence-electron chi connectivity index (χ4n) is 1.61. The molecule has 16 heavy (non-hydrogen) atoms. The van der Waals surface area contributed by atoms with Gasteiger partial charge in [-0.15, -0.1) is 0 Å². The highest BCUT2D eigenvalue weighted by Crippen LogP contribution is 2.02. The van der Waals surface area contributed by atoms with E-state index < -0.39 is 0 Å². The van der Waals surface area contributed by atoms with Gasteiger partial charge < -0.3 is 10.6 Å². The van der Waals surface area contributed by atoms with Crippen LogP contribution in [0, 0.1) is 5.92 Å². The van der Waals surface area contributed by atoms with E-state index in [1.165, 1.54) is 0 Å². The standard InChI is InChI=1S/C12H26N2OS/c1-5-6-11(3)14-12(15)8-13-7-10(2)9-16-4/h10-11,13H,5-9H2,1-4H3,(H,14,15). The van der Waals surface area contributed by atoms with Crippen LogP contribution in [0.1, 0.15) is 33.6 Å². The molecule has 0 heterocycles. The second kappa shape index (κ2) is 9.97. The maximum Gasteiger partial charge on any atom is 0.234 e. The molecule has 0 spiro atoms. The first-order chi connectivity index (χ1) is 7.60. The third kappa shape index (κ3) is 9.04. The van der Waals surface area contributed by atoms with Crippen LogP contribution in [0.2, 0.25) is 0 Å². The second-order valence-electron chi connectivity index (χ2n) is 4.45. The first kappa shape index (κ1) is 15.8. The van der Waals surface area contributed by atoms with E-state index in [0.29, 0.717) is 18.5 Å². The van der Waals surface area contributed by atoms with Gasteiger partial charge in [0, 0.05) is 6.04 Å². The number of amides is 1. The topological polar surface area (TPSA) is 41.1 Å². The van der Waals surface area contributed by atoms with Gasteiger partial charge in [-0.2, -0.15) is 11.8 Å². The molecule has 0 aromatic rings. The van der Waals surface area contributed by atoms with Crippen LogP contribution in [0.3, 0.4) is 0 Å². The van der Waals surface area contributed by atoms with Crippen LogP contribution >= 0.6 is 11.8 Å². The number of nitrogens with one attached hydrogen (secondary N) is 2. The summed E-state index contributed by atoms with van der Waals surface area (Å²) in [6.07, 6.45) is 4.27. The molecule has 0 aromatic heterocycles. The molecule has 0 bridgehead atoms. The molecule has 0 radical (unpaired) electrons. The van der Waals surface area contributed by atoms with E-state index in [1.54, 1.807) is 0 Å². The number of rotatable bonds is 9. The Morgan fingerprint density at radius 3 is 2.62 bits per heavy atom.